The molecule has 1 atom stereocenters. The number of ether oxygens (including phenoxy) is 2. The highest BCUT2D eigenvalue weighted by Crippen LogP contribution is 2.36. The van der Waals surface area contributed by atoms with Gasteiger partial charge >= 0.3 is 5.97 Å². The number of aromatic nitrogens is 1. The summed E-state index contributed by atoms with van der Waals surface area (Å²) < 4.78 is 24.6. The van der Waals surface area contributed by atoms with Gasteiger partial charge in [0.05, 0.1) is 37.4 Å². The van der Waals surface area contributed by atoms with Crippen molar-refractivity contribution in [1.82, 2.24) is 4.57 Å². The fraction of sp³-hybridized carbons (Fsp3) is 0.120. The van der Waals surface area contributed by atoms with E-state index in [4.69, 9.17) is 10.5 Å². The van der Waals surface area contributed by atoms with E-state index in [0.717, 1.165) is 29.1 Å². The lowest BCUT2D eigenvalue weighted by molar-refractivity contribution is -0.133. The van der Waals surface area contributed by atoms with E-state index in [2.05, 4.69) is 10.1 Å². The predicted octanol–water partition coefficient (Wildman–Crippen LogP) is 1.25. The number of rotatable bonds is 5. The van der Waals surface area contributed by atoms with Crippen LogP contribution in [-0.4, -0.2) is 30.7 Å². The molecule has 0 saturated carbocycles. The molecule has 0 radical (unpaired) electrons. The highest BCUT2D eigenvalue weighted by Gasteiger charge is 2.35. The Labute approximate surface area is 207 Å². The van der Waals surface area contributed by atoms with Crippen LogP contribution in [0.5, 0.6) is 5.75 Å². The molecule has 0 fully saturated rings. The smallest absolute Gasteiger partial charge is 0.332 e. The number of thiazole rings is 1. The van der Waals surface area contributed by atoms with Crippen molar-refractivity contribution >= 4 is 46.4 Å². The molecule has 4 rings (SSSR count). The molecular weight excluding hydrogens is 487 g/mol. The first-order chi connectivity index (χ1) is 17.3. The maximum Gasteiger partial charge on any atom is 0.332 e. The normalized spacial score (nSPS) is 15.2. The van der Waals surface area contributed by atoms with Gasteiger partial charge in [-0.2, -0.15) is 5.26 Å². The maximum absolute atomic E-state index is 13.7. The summed E-state index contributed by atoms with van der Waals surface area (Å²) in [6, 6.07) is 13.9. The van der Waals surface area contributed by atoms with Gasteiger partial charge in [-0.1, -0.05) is 18.2 Å². The Kier molecular flexibility index (Phi) is 6.71. The standard InChI is InChI=1S/C25H19FN4O5S/c1-34-16-5-3-4-15(10-16)29-23(32)21-20(13-6-8-14(26)9-7-13)17(12-27)22(28)30-24(33)18(36-25(21)30)11-19(31)35-2/h3-11,20H,28H2,1-2H3,(H,29,32)/b18-11-. The van der Waals surface area contributed by atoms with Crippen molar-refractivity contribution in [3.8, 4) is 11.8 Å². The van der Waals surface area contributed by atoms with Gasteiger partial charge in [-0.15, -0.1) is 11.3 Å². The summed E-state index contributed by atoms with van der Waals surface area (Å²) in [5, 5.41) is 12.8. The zero-order valence-electron chi connectivity index (χ0n) is 19.1. The van der Waals surface area contributed by atoms with E-state index >= 15 is 0 Å². The third kappa shape index (κ3) is 4.37. The number of halogens is 1. The van der Waals surface area contributed by atoms with Crippen molar-refractivity contribution in [2.75, 3.05) is 19.5 Å². The van der Waals surface area contributed by atoms with E-state index in [1.165, 1.54) is 31.4 Å². The lowest BCUT2D eigenvalue weighted by Crippen LogP contribution is -2.40. The Morgan fingerprint density at radius 3 is 2.58 bits per heavy atom. The minimum atomic E-state index is -1.01. The number of nitriles is 1. The van der Waals surface area contributed by atoms with Gasteiger partial charge in [0.25, 0.3) is 11.5 Å². The average molecular weight is 507 g/mol. The zero-order valence-corrected chi connectivity index (χ0v) is 19.9. The minimum absolute atomic E-state index is 0.0294. The van der Waals surface area contributed by atoms with Gasteiger partial charge in [0.15, 0.2) is 0 Å². The van der Waals surface area contributed by atoms with E-state index in [0.29, 0.717) is 17.0 Å². The molecular formula is C25H19FN4O5S. The summed E-state index contributed by atoms with van der Waals surface area (Å²) >= 11 is 0.852. The molecule has 1 aromatic heterocycles. The monoisotopic (exact) mass is 506 g/mol. The van der Waals surface area contributed by atoms with E-state index < -0.39 is 29.2 Å². The molecule has 0 spiro atoms. The summed E-state index contributed by atoms with van der Waals surface area (Å²) in [6.07, 6.45) is 0.988. The van der Waals surface area contributed by atoms with Gasteiger partial charge in [0, 0.05) is 17.8 Å². The molecule has 9 nitrogen and oxygen atoms in total. The second-order valence-electron chi connectivity index (χ2n) is 7.57. The van der Waals surface area contributed by atoms with Crippen molar-refractivity contribution in [2.24, 2.45) is 5.73 Å². The number of allylic oxidation sites excluding steroid dienone is 1. The first kappa shape index (κ1) is 24.4. The molecule has 2 aromatic carbocycles. The molecule has 0 bridgehead atoms. The Hall–Kier alpha value is -4.69. The number of carbonyl (C=O) groups excluding carboxylic acids is 2. The Morgan fingerprint density at radius 2 is 1.94 bits per heavy atom. The first-order valence-electron chi connectivity index (χ1n) is 10.5. The lowest BCUT2D eigenvalue weighted by Gasteiger charge is -2.25. The molecule has 182 valence electrons. The number of hydrogen-bond acceptors (Lipinski definition) is 8. The summed E-state index contributed by atoms with van der Waals surface area (Å²) in [4.78, 5) is 38.7. The van der Waals surface area contributed by atoms with Crippen molar-refractivity contribution in [3.63, 3.8) is 0 Å². The van der Waals surface area contributed by atoms with Crippen LogP contribution in [-0.2, 0) is 14.3 Å². The van der Waals surface area contributed by atoms with Gasteiger partial charge < -0.3 is 20.5 Å². The molecule has 3 aromatic rings. The van der Waals surface area contributed by atoms with Crippen LogP contribution < -0.4 is 30.5 Å². The van der Waals surface area contributed by atoms with Crippen LogP contribution in [0.15, 0.2) is 58.9 Å². The van der Waals surface area contributed by atoms with Gasteiger partial charge in [-0.05, 0) is 29.8 Å². The topological polar surface area (TPSA) is 136 Å². The number of nitrogens with two attached hydrogens (primary N) is 1. The second-order valence-corrected chi connectivity index (χ2v) is 8.61. The number of anilines is 1. The van der Waals surface area contributed by atoms with Crippen LogP contribution in [0.25, 0.3) is 17.5 Å². The number of nitrogens with one attached hydrogen (secondary N) is 1. The van der Waals surface area contributed by atoms with Crippen LogP contribution in [0.3, 0.4) is 0 Å². The molecule has 0 aliphatic carbocycles. The quantitative estimate of drug-likeness (QED) is 0.497. The maximum atomic E-state index is 13.7. The first-order valence-corrected chi connectivity index (χ1v) is 11.3. The third-order valence-electron chi connectivity index (χ3n) is 5.49. The van der Waals surface area contributed by atoms with E-state index in [1.54, 1.807) is 24.3 Å². The molecule has 3 N–H and O–H groups in total. The summed E-state index contributed by atoms with van der Waals surface area (Å²) in [5.74, 6) is -2.60. The Balaban J connectivity index is 2.03. The van der Waals surface area contributed by atoms with E-state index in [-0.39, 0.29) is 26.2 Å². The number of nitrogens with zero attached hydrogens (tertiary/aromatic N) is 2. The SMILES string of the molecule is COC(=O)/C=c1\sc2n(c1=O)C(N)=C(C#N)C(c1ccc(F)cc1)C=2C(=O)Nc1cccc(OC)c1. The molecule has 1 amide bonds. The van der Waals surface area contributed by atoms with Gasteiger partial charge in [0.1, 0.15) is 26.6 Å². The summed E-state index contributed by atoms with van der Waals surface area (Å²) in [7, 11) is 2.65. The van der Waals surface area contributed by atoms with Crippen molar-refractivity contribution in [3.05, 3.63) is 85.0 Å². The molecule has 0 saturated heterocycles. The number of benzene rings is 2. The van der Waals surface area contributed by atoms with Crippen LogP contribution >= 0.6 is 11.3 Å². The van der Waals surface area contributed by atoms with Crippen LogP contribution in [0.2, 0.25) is 0 Å². The van der Waals surface area contributed by atoms with Crippen molar-refractivity contribution in [2.45, 2.75) is 5.92 Å². The number of carbonyl (C=O) groups is 2. The largest absolute Gasteiger partial charge is 0.497 e. The molecule has 1 aliphatic heterocycles. The number of amides is 1. The van der Waals surface area contributed by atoms with E-state index in [1.807, 2.05) is 6.07 Å². The lowest BCUT2D eigenvalue weighted by atomic mass is 9.83. The fourth-order valence-corrected chi connectivity index (χ4v) is 4.96. The van der Waals surface area contributed by atoms with Gasteiger partial charge in [-0.25, -0.2) is 9.18 Å². The Bertz CT molecular complexity index is 1630. The highest BCUT2D eigenvalue weighted by atomic mass is 32.1. The molecule has 1 unspecified atom stereocenters. The molecule has 36 heavy (non-hydrogen) atoms. The molecule has 11 heteroatoms. The van der Waals surface area contributed by atoms with Crippen LogP contribution in [0.4, 0.5) is 10.1 Å². The molecule has 2 heterocycles. The number of esters is 1. The number of fused-ring (bicyclic) bond motifs is 1. The average Bonchev–Trinajstić information content (AvgIpc) is 3.19. The van der Waals surface area contributed by atoms with Crippen LogP contribution in [0, 0.1) is 17.1 Å². The van der Waals surface area contributed by atoms with Crippen molar-refractivity contribution in [1.29, 1.82) is 5.26 Å². The third-order valence-corrected chi connectivity index (χ3v) is 6.60. The second kappa shape index (κ2) is 9.89. The summed E-state index contributed by atoms with van der Waals surface area (Å²) in [5.41, 5.74) is 6.33. The number of methoxy groups -OCH3 is 2. The fourth-order valence-electron chi connectivity index (χ4n) is 3.82. The minimum Gasteiger partial charge on any atom is -0.497 e. The Morgan fingerprint density at radius 1 is 1.22 bits per heavy atom. The van der Waals surface area contributed by atoms with Gasteiger partial charge in [-0.3, -0.25) is 14.2 Å². The zero-order chi connectivity index (χ0) is 26.0. The highest BCUT2D eigenvalue weighted by molar-refractivity contribution is 7.07. The van der Waals surface area contributed by atoms with Crippen molar-refractivity contribution < 1.29 is 23.5 Å². The van der Waals surface area contributed by atoms with Gasteiger partial charge in [0.2, 0.25) is 0 Å². The number of hydrogen-bond donors (Lipinski definition) is 2. The predicted molar refractivity (Wildman–Crippen MR) is 131 cm³/mol. The van der Waals surface area contributed by atoms with E-state index in [9.17, 15) is 24.0 Å². The molecule has 1 aliphatic rings. The summed E-state index contributed by atoms with van der Waals surface area (Å²) in [6.45, 7) is 0. The van der Waals surface area contributed by atoms with Crippen LogP contribution in [0.1, 0.15) is 11.5 Å².